The van der Waals surface area contributed by atoms with Gasteiger partial charge in [0.1, 0.15) is 5.75 Å². The second kappa shape index (κ2) is 3.84. The van der Waals surface area contributed by atoms with Gasteiger partial charge < -0.3 is 4.74 Å². The van der Waals surface area contributed by atoms with Gasteiger partial charge in [-0.05, 0) is 40.2 Å². The quantitative estimate of drug-likeness (QED) is 0.822. The molecular weight excluding hydrogens is 244 g/mol. The minimum absolute atomic E-state index is 0.827. The molecule has 72 valence electrons. The van der Waals surface area contributed by atoms with Gasteiger partial charge >= 0.3 is 0 Å². The topological polar surface area (TPSA) is 27.1 Å². The summed E-state index contributed by atoms with van der Waals surface area (Å²) >= 11 is 3.47. The molecule has 0 amide bonds. The van der Waals surface area contributed by atoms with Gasteiger partial charge in [-0.1, -0.05) is 0 Å². The number of hydrogen-bond acceptors (Lipinski definition) is 2. The maximum atomic E-state index is 5.11. The van der Waals surface area contributed by atoms with Crippen LogP contribution in [0.15, 0.2) is 41.1 Å². The summed E-state index contributed by atoms with van der Waals surface area (Å²) in [6, 6.07) is 7.66. The normalized spacial score (nSPS) is 10.1. The predicted octanol–water partition coefficient (Wildman–Crippen LogP) is 2.64. The fraction of sp³-hybridized carbons (Fsp3) is 0.100. The predicted molar refractivity (Wildman–Crippen MR) is 57.8 cm³/mol. The van der Waals surface area contributed by atoms with Crippen molar-refractivity contribution in [3.63, 3.8) is 0 Å². The van der Waals surface area contributed by atoms with Crippen LogP contribution in [0.1, 0.15) is 0 Å². The van der Waals surface area contributed by atoms with E-state index < -0.39 is 0 Å². The van der Waals surface area contributed by atoms with Crippen molar-refractivity contribution in [1.82, 2.24) is 9.78 Å². The lowest BCUT2D eigenvalue weighted by atomic mass is 10.3. The minimum atomic E-state index is 0.827. The van der Waals surface area contributed by atoms with Gasteiger partial charge in [0.05, 0.1) is 12.8 Å². The lowest BCUT2D eigenvalue weighted by molar-refractivity contribution is 0.414. The first-order valence-electron chi connectivity index (χ1n) is 4.15. The zero-order valence-electron chi connectivity index (χ0n) is 7.64. The van der Waals surface area contributed by atoms with Crippen LogP contribution < -0.4 is 4.74 Å². The number of ether oxygens (including phenoxy) is 1. The first-order chi connectivity index (χ1) is 6.81. The zero-order valence-corrected chi connectivity index (χ0v) is 9.23. The molecule has 2 aromatic rings. The van der Waals surface area contributed by atoms with Gasteiger partial charge in [-0.2, -0.15) is 5.10 Å². The third-order valence-corrected chi connectivity index (χ3v) is 2.54. The summed E-state index contributed by atoms with van der Waals surface area (Å²) in [7, 11) is 1.65. The number of methoxy groups -OCH3 is 1. The molecule has 0 saturated carbocycles. The Bertz CT molecular complexity index is 426. The van der Waals surface area contributed by atoms with Crippen molar-refractivity contribution in [2.75, 3.05) is 7.11 Å². The van der Waals surface area contributed by atoms with Crippen LogP contribution >= 0.6 is 15.9 Å². The molecule has 0 N–H and O–H groups in total. The van der Waals surface area contributed by atoms with Crippen LogP contribution in [0, 0.1) is 0 Å². The van der Waals surface area contributed by atoms with E-state index >= 15 is 0 Å². The smallest absolute Gasteiger partial charge is 0.120 e. The molecule has 0 saturated heterocycles. The summed E-state index contributed by atoms with van der Waals surface area (Å²) in [5.74, 6) is 0.827. The lowest BCUT2D eigenvalue weighted by Gasteiger charge is -2.06. The molecule has 1 aromatic heterocycles. The van der Waals surface area contributed by atoms with Crippen LogP contribution in [0.5, 0.6) is 5.75 Å². The molecule has 0 unspecified atom stereocenters. The molecule has 0 spiro atoms. The molecule has 2 rings (SSSR count). The third-order valence-electron chi connectivity index (χ3n) is 1.91. The summed E-state index contributed by atoms with van der Waals surface area (Å²) in [6.07, 6.45) is 3.64. The number of rotatable bonds is 2. The molecule has 14 heavy (non-hydrogen) atoms. The maximum Gasteiger partial charge on any atom is 0.120 e. The van der Waals surface area contributed by atoms with Crippen LogP contribution in [-0.4, -0.2) is 16.9 Å². The Hall–Kier alpha value is -1.29. The molecule has 0 fully saturated rings. The van der Waals surface area contributed by atoms with Crippen molar-refractivity contribution in [3.05, 3.63) is 41.1 Å². The van der Waals surface area contributed by atoms with E-state index in [4.69, 9.17) is 4.74 Å². The molecule has 0 atom stereocenters. The summed E-state index contributed by atoms with van der Waals surface area (Å²) in [5, 5.41) is 4.15. The Morgan fingerprint density at radius 1 is 1.43 bits per heavy atom. The van der Waals surface area contributed by atoms with Gasteiger partial charge in [-0.25, -0.2) is 4.68 Å². The Labute approximate surface area is 90.4 Å². The fourth-order valence-electron chi connectivity index (χ4n) is 1.21. The molecule has 3 nitrogen and oxygen atoms in total. The molecule has 1 aromatic carbocycles. The van der Waals surface area contributed by atoms with Crippen molar-refractivity contribution in [3.8, 4) is 11.4 Å². The van der Waals surface area contributed by atoms with Crippen LogP contribution in [-0.2, 0) is 0 Å². The highest BCUT2D eigenvalue weighted by Gasteiger charge is 2.03. The first-order valence-corrected chi connectivity index (χ1v) is 4.94. The largest absolute Gasteiger partial charge is 0.497 e. The van der Waals surface area contributed by atoms with E-state index in [1.54, 1.807) is 18.0 Å². The molecule has 0 bridgehead atoms. The summed E-state index contributed by atoms with van der Waals surface area (Å²) in [5.41, 5.74) is 0.996. The minimum Gasteiger partial charge on any atom is -0.497 e. The standard InChI is InChI=1S/C10H9BrN2O/c1-14-8-3-4-10(9(11)7-8)13-6-2-5-12-13/h2-7H,1H3. The summed E-state index contributed by atoms with van der Waals surface area (Å²) < 4.78 is 7.86. The van der Waals surface area contributed by atoms with Gasteiger partial charge in [-0.15, -0.1) is 0 Å². The SMILES string of the molecule is COc1ccc(-n2cccn2)c(Br)c1. The van der Waals surface area contributed by atoms with E-state index in [9.17, 15) is 0 Å². The molecule has 0 aliphatic heterocycles. The number of benzene rings is 1. The van der Waals surface area contributed by atoms with Crippen LogP contribution in [0.25, 0.3) is 5.69 Å². The molecular formula is C10H9BrN2O. The fourth-order valence-corrected chi connectivity index (χ4v) is 1.75. The van der Waals surface area contributed by atoms with E-state index in [0.717, 1.165) is 15.9 Å². The van der Waals surface area contributed by atoms with E-state index in [-0.39, 0.29) is 0 Å². The highest BCUT2D eigenvalue weighted by atomic mass is 79.9. The third kappa shape index (κ3) is 1.65. The second-order valence-electron chi connectivity index (χ2n) is 2.77. The molecule has 0 aliphatic carbocycles. The van der Waals surface area contributed by atoms with Gasteiger partial charge in [0, 0.05) is 16.9 Å². The lowest BCUT2D eigenvalue weighted by Crippen LogP contribution is -1.95. The van der Waals surface area contributed by atoms with E-state index in [1.165, 1.54) is 0 Å². The van der Waals surface area contributed by atoms with E-state index in [2.05, 4.69) is 21.0 Å². The zero-order chi connectivity index (χ0) is 9.97. The van der Waals surface area contributed by atoms with Crippen molar-refractivity contribution < 1.29 is 4.74 Å². The number of nitrogens with zero attached hydrogens (tertiary/aromatic N) is 2. The van der Waals surface area contributed by atoms with E-state index in [0.29, 0.717) is 0 Å². The maximum absolute atomic E-state index is 5.11. The van der Waals surface area contributed by atoms with Crippen molar-refractivity contribution in [2.24, 2.45) is 0 Å². The van der Waals surface area contributed by atoms with Gasteiger partial charge in [0.2, 0.25) is 0 Å². The molecule has 4 heteroatoms. The summed E-state index contributed by atoms with van der Waals surface area (Å²) in [6.45, 7) is 0. The van der Waals surface area contributed by atoms with Crippen molar-refractivity contribution in [1.29, 1.82) is 0 Å². The summed E-state index contributed by atoms with van der Waals surface area (Å²) in [4.78, 5) is 0. The second-order valence-corrected chi connectivity index (χ2v) is 3.62. The van der Waals surface area contributed by atoms with Crippen molar-refractivity contribution in [2.45, 2.75) is 0 Å². The Morgan fingerprint density at radius 3 is 2.86 bits per heavy atom. The molecule has 0 radical (unpaired) electrons. The first kappa shape index (κ1) is 9.27. The van der Waals surface area contributed by atoms with Gasteiger partial charge in [-0.3, -0.25) is 0 Å². The van der Waals surface area contributed by atoms with Gasteiger partial charge in [0.25, 0.3) is 0 Å². The van der Waals surface area contributed by atoms with Gasteiger partial charge in [0.15, 0.2) is 0 Å². The average molecular weight is 253 g/mol. The van der Waals surface area contributed by atoms with Crippen LogP contribution in [0.2, 0.25) is 0 Å². The number of hydrogen-bond donors (Lipinski definition) is 0. The van der Waals surface area contributed by atoms with Crippen LogP contribution in [0.3, 0.4) is 0 Å². The molecule has 0 aliphatic rings. The van der Waals surface area contributed by atoms with E-state index in [1.807, 2.05) is 30.5 Å². The molecule has 1 heterocycles. The monoisotopic (exact) mass is 252 g/mol. The number of aromatic nitrogens is 2. The highest BCUT2D eigenvalue weighted by molar-refractivity contribution is 9.10. The number of halogens is 1. The van der Waals surface area contributed by atoms with Crippen LogP contribution in [0.4, 0.5) is 0 Å². The average Bonchev–Trinajstić information content (AvgIpc) is 2.70. The highest BCUT2D eigenvalue weighted by Crippen LogP contribution is 2.25. The Balaban J connectivity index is 2.46. The Kier molecular flexibility index (Phi) is 2.54. The Morgan fingerprint density at radius 2 is 2.29 bits per heavy atom. The van der Waals surface area contributed by atoms with Crippen molar-refractivity contribution >= 4 is 15.9 Å².